The van der Waals surface area contributed by atoms with Gasteiger partial charge in [-0.1, -0.05) is 12.2 Å². The summed E-state index contributed by atoms with van der Waals surface area (Å²) in [7, 11) is 0. The number of allylic oxidation sites excluding steroid dienone is 2. The minimum absolute atomic E-state index is 0.0177. The number of urea groups is 1. The van der Waals surface area contributed by atoms with Crippen molar-refractivity contribution in [1.29, 1.82) is 0 Å². The Hall–Kier alpha value is -2.04. The van der Waals surface area contributed by atoms with Gasteiger partial charge in [-0.15, -0.1) is 0 Å². The molecule has 25 heavy (non-hydrogen) atoms. The molecule has 1 aliphatic rings. The number of piperazine rings is 1. The van der Waals surface area contributed by atoms with Gasteiger partial charge >= 0.3 is 6.03 Å². The lowest BCUT2D eigenvalue weighted by Crippen LogP contribution is -2.61. The zero-order chi connectivity index (χ0) is 18.2. The second-order valence-corrected chi connectivity index (χ2v) is 6.62. The lowest BCUT2D eigenvalue weighted by atomic mass is 10.0. The quantitative estimate of drug-likeness (QED) is 0.619. The molecule has 138 valence electrons. The first kappa shape index (κ1) is 19.3. The van der Waals surface area contributed by atoms with Crippen LogP contribution in [0.1, 0.15) is 40.0 Å². The number of nitrogens with zero attached hydrogens (tertiary/aromatic N) is 2. The van der Waals surface area contributed by atoms with Gasteiger partial charge in [-0.2, -0.15) is 0 Å². The van der Waals surface area contributed by atoms with Gasteiger partial charge in [0.05, 0.1) is 6.04 Å². The summed E-state index contributed by atoms with van der Waals surface area (Å²) in [6, 6.07) is 7.02. The number of benzene rings is 1. The molecule has 0 saturated carbocycles. The fraction of sp³-hybridized carbons (Fsp3) is 0.550. The third-order valence-corrected chi connectivity index (χ3v) is 4.73. The summed E-state index contributed by atoms with van der Waals surface area (Å²) < 4.78 is 13.2. The zero-order valence-corrected chi connectivity index (χ0v) is 15.5. The first-order valence-electron chi connectivity index (χ1n) is 9.24. The van der Waals surface area contributed by atoms with Crippen LogP contribution in [0.3, 0.4) is 0 Å². The molecule has 2 amide bonds. The summed E-state index contributed by atoms with van der Waals surface area (Å²) >= 11 is 0. The van der Waals surface area contributed by atoms with Crippen LogP contribution < -0.4 is 10.2 Å². The Morgan fingerprint density at radius 1 is 1.32 bits per heavy atom. The fourth-order valence-electron chi connectivity index (χ4n) is 3.42. The largest absolute Gasteiger partial charge is 0.365 e. The molecule has 0 spiro atoms. The van der Waals surface area contributed by atoms with E-state index in [4.69, 9.17) is 0 Å². The molecule has 0 aliphatic carbocycles. The number of nitrogens with one attached hydrogen (secondary N) is 1. The predicted molar refractivity (Wildman–Crippen MR) is 101 cm³/mol. The zero-order valence-electron chi connectivity index (χ0n) is 15.5. The Bertz CT molecular complexity index is 573. The van der Waals surface area contributed by atoms with Crippen LogP contribution in [0.25, 0.3) is 0 Å². The Morgan fingerprint density at radius 3 is 2.68 bits per heavy atom. The lowest BCUT2D eigenvalue weighted by Gasteiger charge is -2.46. The normalized spacial score (nSPS) is 21.0. The van der Waals surface area contributed by atoms with Crippen LogP contribution in [0, 0.1) is 5.82 Å². The number of unbranched alkanes of at least 4 members (excludes halogenated alkanes) is 1. The van der Waals surface area contributed by atoms with Crippen LogP contribution >= 0.6 is 0 Å². The van der Waals surface area contributed by atoms with Gasteiger partial charge in [-0.3, -0.25) is 0 Å². The van der Waals surface area contributed by atoms with Crippen LogP contribution in [0.4, 0.5) is 14.9 Å². The molecular weight excluding hydrogens is 317 g/mol. The molecule has 1 aliphatic heterocycles. The summed E-state index contributed by atoms with van der Waals surface area (Å²) in [4.78, 5) is 16.7. The van der Waals surface area contributed by atoms with Crippen molar-refractivity contribution >= 4 is 11.7 Å². The van der Waals surface area contributed by atoms with Crippen LogP contribution in [-0.2, 0) is 0 Å². The van der Waals surface area contributed by atoms with Gasteiger partial charge in [0.25, 0.3) is 0 Å². The standard InChI is InChI=1S/C20H30FN3O/c1-4-6-7-8-9-19-15-23(18-12-10-17(21)11-13-18)16(3)14-24(19)20(25)22-5-2/h4,6,10-13,16,19H,5,7-9,14-15H2,1-3H3,(H,22,25). The van der Waals surface area contributed by atoms with E-state index in [1.54, 1.807) is 0 Å². The topological polar surface area (TPSA) is 35.6 Å². The van der Waals surface area contributed by atoms with E-state index in [1.165, 1.54) is 12.1 Å². The Kier molecular flexibility index (Phi) is 7.29. The average Bonchev–Trinajstić information content (AvgIpc) is 2.60. The van der Waals surface area contributed by atoms with E-state index in [0.29, 0.717) is 13.1 Å². The van der Waals surface area contributed by atoms with E-state index in [0.717, 1.165) is 31.5 Å². The highest BCUT2D eigenvalue weighted by Crippen LogP contribution is 2.26. The van der Waals surface area contributed by atoms with Crippen molar-refractivity contribution < 1.29 is 9.18 Å². The third-order valence-electron chi connectivity index (χ3n) is 4.73. The molecule has 0 radical (unpaired) electrons. The predicted octanol–water partition coefficient (Wildman–Crippen LogP) is 4.18. The number of rotatable bonds is 6. The van der Waals surface area contributed by atoms with Gasteiger partial charge in [0.2, 0.25) is 0 Å². The Labute approximate surface area is 150 Å². The van der Waals surface area contributed by atoms with E-state index in [1.807, 2.05) is 30.9 Å². The van der Waals surface area contributed by atoms with Crippen LogP contribution in [0.5, 0.6) is 0 Å². The molecule has 1 heterocycles. The first-order valence-corrected chi connectivity index (χ1v) is 9.24. The third kappa shape index (κ3) is 5.21. The summed E-state index contributed by atoms with van der Waals surface area (Å²) in [6.07, 6.45) is 7.28. The van der Waals surface area contributed by atoms with E-state index < -0.39 is 0 Å². The highest BCUT2D eigenvalue weighted by Gasteiger charge is 2.34. The smallest absolute Gasteiger partial charge is 0.317 e. The number of amides is 2. The molecule has 1 N–H and O–H groups in total. The Morgan fingerprint density at radius 2 is 2.04 bits per heavy atom. The van der Waals surface area contributed by atoms with Gasteiger partial charge in [0, 0.05) is 31.4 Å². The van der Waals surface area contributed by atoms with Crippen molar-refractivity contribution in [1.82, 2.24) is 10.2 Å². The Balaban J connectivity index is 2.12. The highest BCUT2D eigenvalue weighted by molar-refractivity contribution is 5.75. The second-order valence-electron chi connectivity index (χ2n) is 6.62. The number of carbonyl (C=O) groups excluding carboxylic acids is 1. The number of carbonyl (C=O) groups is 1. The van der Waals surface area contributed by atoms with Gasteiger partial charge in [-0.05, 0) is 64.3 Å². The van der Waals surface area contributed by atoms with E-state index >= 15 is 0 Å². The maximum absolute atomic E-state index is 13.2. The highest BCUT2D eigenvalue weighted by atomic mass is 19.1. The van der Waals surface area contributed by atoms with Crippen molar-refractivity contribution in [2.45, 2.75) is 52.1 Å². The van der Waals surface area contributed by atoms with Gasteiger partial charge in [0.15, 0.2) is 0 Å². The molecule has 2 rings (SSSR count). The van der Waals surface area contributed by atoms with Crippen molar-refractivity contribution in [3.63, 3.8) is 0 Å². The number of anilines is 1. The number of hydrogen-bond acceptors (Lipinski definition) is 2. The SMILES string of the molecule is CC=CCCCC1CN(c2ccc(F)cc2)C(C)CN1C(=O)NCC. The molecule has 2 atom stereocenters. The molecule has 1 aromatic carbocycles. The maximum Gasteiger partial charge on any atom is 0.317 e. The molecule has 4 nitrogen and oxygen atoms in total. The van der Waals surface area contributed by atoms with Crippen LogP contribution in [-0.4, -0.2) is 42.6 Å². The summed E-state index contributed by atoms with van der Waals surface area (Å²) in [5, 5.41) is 2.93. The van der Waals surface area contributed by atoms with Crippen molar-refractivity contribution in [3.05, 3.63) is 42.2 Å². The maximum atomic E-state index is 13.2. The second kappa shape index (κ2) is 9.44. The van der Waals surface area contributed by atoms with Gasteiger partial charge in [0.1, 0.15) is 5.82 Å². The van der Waals surface area contributed by atoms with E-state index in [9.17, 15) is 9.18 Å². The van der Waals surface area contributed by atoms with E-state index in [2.05, 4.69) is 29.3 Å². The molecule has 5 heteroatoms. The molecular formula is C20H30FN3O. The van der Waals surface area contributed by atoms with Crippen molar-refractivity contribution in [2.24, 2.45) is 0 Å². The average molecular weight is 347 g/mol. The monoisotopic (exact) mass is 347 g/mol. The molecule has 0 bridgehead atoms. The fourth-order valence-corrected chi connectivity index (χ4v) is 3.42. The summed E-state index contributed by atoms with van der Waals surface area (Å²) in [5.74, 6) is -0.222. The van der Waals surface area contributed by atoms with Crippen LogP contribution in [0.2, 0.25) is 0 Å². The van der Waals surface area contributed by atoms with Crippen LogP contribution in [0.15, 0.2) is 36.4 Å². The molecule has 2 unspecified atom stereocenters. The molecule has 0 aromatic heterocycles. The lowest BCUT2D eigenvalue weighted by molar-refractivity contribution is 0.150. The summed E-state index contributed by atoms with van der Waals surface area (Å²) in [6.45, 7) is 8.18. The number of hydrogen-bond donors (Lipinski definition) is 1. The minimum Gasteiger partial charge on any atom is -0.365 e. The van der Waals surface area contributed by atoms with Crippen molar-refractivity contribution in [2.75, 3.05) is 24.5 Å². The minimum atomic E-state index is -0.222. The molecule has 1 saturated heterocycles. The first-order chi connectivity index (χ1) is 12.1. The molecule has 1 fully saturated rings. The van der Waals surface area contributed by atoms with E-state index in [-0.39, 0.29) is 23.9 Å². The summed E-state index contributed by atoms with van der Waals surface area (Å²) in [5.41, 5.74) is 1.02. The molecule has 1 aromatic rings. The number of halogens is 1. The van der Waals surface area contributed by atoms with Gasteiger partial charge in [-0.25, -0.2) is 9.18 Å². The van der Waals surface area contributed by atoms with Gasteiger partial charge < -0.3 is 15.1 Å². The van der Waals surface area contributed by atoms with Crippen molar-refractivity contribution in [3.8, 4) is 0 Å².